The van der Waals surface area contributed by atoms with Crippen LogP contribution in [-0.4, -0.2) is 50.6 Å². The molecule has 0 fully saturated rings. The molecule has 0 aliphatic rings. The second kappa shape index (κ2) is 8.00. The summed E-state index contributed by atoms with van der Waals surface area (Å²) in [6, 6.07) is 0. The Hall–Kier alpha value is -0.170. The van der Waals surface area contributed by atoms with Crippen molar-refractivity contribution in [1.82, 2.24) is 0 Å². The van der Waals surface area contributed by atoms with Crippen LogP contribution in [0.2, 0.25) is 0 Å². The number of alkyl halides is 1. The van der Waals surface area contributed by atoms with E-state index in [1.54, 1.807) is 13.8 Å². The number of rotatable bonds is 8. The summed E-state index contributed by atoms with van der Waals surface area (Å²) in [4.78, 5) is 11.3. The molecule has 0 aliphatic heterocycles. The Morgan fingerprint density at radius 2 is 1.81 bits per heavy atom. The van der Waals surface area contributed by atoms with Gasteiger partial charge < -0.3 is 18.9 Å². The van der Waals surface area contributed by atoms with Crippen molar-refractivity contribution in [2.75, 3.05) is 34.0 Å². The number of esters is 1. The van der Waals surface area contributed by atoms with Gasteiger partial charge >= 0.3 is 5.97 Å². The van der Waals surface area contributed by atoms with Crippen LogP contribution in [0.15, 0.2) is 0 Å². The van der Waals surface area contributed by atoms with E-state index in [0.29, 0.717) is 13.2 Å². The van der Waals surface area contributed by atoms with Crippen LogP contribution >= 0.6 is 15.9 Å². The van der Waals surface area contributed by atoms with Crippen LogP contribution in [0.25, 0.3) is 0 Å². The zero-order valence-corrected chi connectivity index (χ0v) is 11.7. The second-order valence-electron chi connectivity index (χ2n) is 3.58. The van der Waals surface area contributed by atoms with Crippen LogP contribution in [0, 0.1) is 0 Å². The fourth-order valence-electron chi connectivity index (χ4n) is 0.777. The molecule has 0 atom stereocenters. The molecule has 96 valence electrons. The highest BCUT2D eigenvalue weighted by atomic mass is 79.9. The molecular formula is C10H19BrO5. The lowest BCUT2D eigenvalue weighted by Crippen LogP contribution is -2.28. The first-order valence-corrected chi connectivity index (χ1v) is 5.70. The minimum absolute atomic E-state index is 0.216. The molecule has 0 heterocycles. The summed E-state index contributed by atoms with van der Waals surface area (Å²) in [5, 5.41) is 0. The third-order valence-corrected chi connectivity index (χ3v) is 2.05. The van der Waals surface area contributed by atoms with Gasteiger partial charge in [-0.2, -0.15) is 0 Å². The van der Waals surface area contributed by atoms with Crippen LogP contribution in [-0.2, 0) is 23.7 Å². The molecule has 16 heavy (non-hydrogen) atoms. The van der Waals surface area contributed by atoms with E-state index in [-0.39, 0.29) is 18.9 Å². The summed E-state index contributed by atoms with van der Waals surface area (Å²) < 4.78 is 19.3. The molecule has 0 saturated heterocycles. The molecule has 0 rings (SSSR count). The largest absolute Gasteiger partial charge is 0.462 e. The minimum atomic E-state index is -0.658. The number of carbonyl (C=O) groups is 1. The molecule has 0 aromatic rings. The molecule has 5 nitrogen and oxygen atoms in total. The first kappa shape index (κ1) is 15.8. The Morgan fingerprint density at radius 1 is 1.25 bits per heavy atom. The average molecular weight is 299 g/mol. The monoisotopic (exact) mass is 298 g/mol. The van der Waals surface area contributed by atoms with E-state index in [9.17, 15) is 4.79 Å². The van der Waals surface area contributed by atoms with Gasteiger partial charge in [0.15, 0.2) is 6.29 Å². The highest BCUT2D eigenvalue weighted by molar-refractivity contribution is 9.10. The van der Waals surface area contributed by atoms with Crippen LogP contribution in [0.5, 0.6) is 0 Å². The molecule has 0 bridgehead atoms. The fraction of sp³-hybridized carbons (Fsp3) is 0.900. The molecular weight excluding hydrogens is 280 g/mol. The van der Waals surface area contributed by atoms with Crippen molar-refractivity contribution in [2.45, 2.75) is 24.5 Å². The lowest BCUT2D eigenvalue weighted by Gasteiger charge is -2.16. The van der Waals surface area contributed by atoms with Gasteiger partial charge in [-0.3, -0.25) is 4.79 Å². The van der Waals surface area contributed by atoms with E-state index in [2.05, 4.69) is 15.9 Å². The molecule has 0 aromatic heterocycles. The standard InChI is InChI=1S/C10H19BrO5/c1-10(2,11)9(12)16-6-5-15-7-8(13-3)14-4/h8H,5-7H2,1-4H3. The lowest BCUT2D eigenvalue weighted by atomic mass is 10.2. The maximum absolute atomic E-state index is 11.3. The van der Waals surface area contributed by atoms with Gasteiger partial charge in [-0.05, 0) is 13.8 Å². The predicted molar refractivity (Wildman–Crippen MR) is 62.6 cm³/mol. The molecule has 0 saturated carbocycles. The summed E-state index contributed by atoms with van der Waals surface area (Å²) >= 11 is 3.20. The molecule has 0 aliphatic carbocycles. The summed E-state index contributed by atoms with van der Waals surface area (Å²) in [6.07, 6.45) is -0.386. The molecule has 0 radical (unpaired) electrons. The Morgan fingerprint density at radius 3 is 2.25 bits per heavy atom. The SMILES string of the molecule is COC(COCCOC(=O)C(C)(C)Br)OC. The molecule has 0 unspecified atom stereocenters. The van der Waals surface area contributed by atoms with Crippen LogP contribution in [0.4, 0.5) is 0 Å². The fourth-order valence-corrected chi connectivity index (χ4v) is 0.891. The molecule has 0 aromatic carbocycles. The van der Waals surface area contributed by atoms with Crippen molar-refractivity contribution in [3.63, 3.8) is 0 Å². The van der Waals surface area contributed by atoms with E-state index >= 15 is 0 Å². The van der Waals surface area contributed by atoms with Gasteiger partial charge in [0, 0.05) is 14.2 Å². The summed E-state index contributed by atoms with van der Waals surface area (Å²) in [7, 11) is 3.07. The zero-order chi connectivity index (χ0) is 12.6. The number of methoxy groups -OCH3 is 2. The smallest absolute Gasteiger partial charge is 0.322 e. The van der Waals surface area contributed by atoms with Gasteiger partial charge in [-0.1, -0.05) is 15.9 Å². The van der Waals surface area contributed by atoms with Gasteiger partial charge in [0.2, 0.25) is 0 Å². The molecule has 0 N–H and O–H groups in total. The highest BCUT2D eigenvalue weighted by Gasteiger charge is 2.25. The topological polar surface area (TPSA) is 54.0 Å². The van der Waals surface area contributed by atoms with Crippen molar-refractivity contribution >= 4 is 21.9 Å². The summed E-state index contributed by atoms with van der Waals surface area (Å²) in [5.41, 5.74) is 0. The molecule has 0 spiro atoms. The number of hydrogen-bond acceptors (Lipinski definition) is 5. The quantitative estimate of drug-likeness (QED) is 0.293. The third kappa shape index (κ3) is 7.16. The van der Waals surface area contributed by atoms with Gasteiger partial charge in [-0.15, -0.1) is 0 Å². The van der Waals surface area contributed by atoms with Gasteiger partial charge in [0.05, 0.1) is 13.2 Å². The molecule has 0 amide bonds. The summed E-state index contributed by atoms with van der Waals surface area (Å²) in [5.74, 6) is -0.314. The summed E-state index contributed by atoms with van der Waals surface area (Å²) in [6.45, 7) is 4.29. The number of carbonyl (C=O) groups excluding carboxylic acids is 1. The maximum Gasteiger partial charge on any atom is 0.322 e. The van der Waals surface area contributed by atoms with Crippen LogP contribution in [0.3, 0.4) is 0 Å². The van der Waals surface area contributed by atoms with E-state index in [4.69, 9.17) is 18.9 Å². The van der Waals surface area contributed by atoms with Crippen molar-refractivity contribution in [2.24, 2.45) is 0 Å². The van der Waals surface area contributed by atoms with Gasteiger partial charge in [0.25, 0.3) is 0 Å². The van der Waals surface area contributed by atoms with Crippen LogP contribution in [0.1, 0.15) is 13.8 Å². The van der Waals surface area contributed by atoms with Crippen molar-refractivity contribution < 1.29 is 23.7 Å². The third-order valence-electron chi connectivity index (χ3n) is 1.73. The Bertz CT molecular complexity index is 198. The first-order chi connectivity index (χ1) is 7.41. The van der Waals surface area contributed by atoms with E-state index < -0.39 is 4.32 Å². The zero-order valence-electron chi connectivity index (χ0n) is 10.1. The normalized spacial score (nSPS) is 11.9. The highest BCUT2D eigenvalue weighted by Crippen LogP contribution is 2.17. The van der Waals surface area contributed by atoms with Crippen molar-refractivity contribution in [3.8, 4) is 0 Å². The van der Waals surface area contributed by atoms with Crippen molar-refractivity contribution in [3.05, 3.63) is 0 Å². The number of halogens is 1. The second-order valence-corrected chi connectivity index (χ2v) is 5.57. The van der Waals surface area contributed by atoms with Crippen LogP contribution < -0.4 is 0 Å². The number of ether oxygens (including phenoxy) is 4. The Labute approximate surface area is 105 Å². The first-order valence-electron chi connectivity index (χ1n) is 4.91. The van der Waals surface area contributed by atoms with E-state index in [0.717, 1.165) is 0 Å². The lowest BCUT2D eigenvalue weighted by molar-refractivity contribution is -0.154. The maximum atomic E-state index is 11.3. The molecule has 6 heteroatoms. The Kier molecular flexibility index (Phi) is 7.91. The Balaban J connectivity index is 3.51. The minimum Gasteiger partial charge on any atom is -0.462 e. The predicted octanol–water partition coefficient (Wildman–Crippen LogP) is 1.34. The van der Waals surface area contributed by atoms with E-state index in [1.807, 2.05) is 0 Å². The number of hydrogen-bond donors (Lipinski definition) is 0. The van der Waals surface area contributed by atoms with Gasteiger partial charge in [-0.25, -0.2) is 0 Å². The van der Waals surface area contributed by atoms with E-state index in [1.165, 1.54) is 14.2 Å². The van der Waals surface area contributed by atoms with Crippen molar-refractivity contribution in [1.29, 1.82) is 0 Å². The average Bonchev–Trinajstić information content (AvgIpc) is 2.21. The van der Waals surface area contributed by atoms with Gasteiger partial charge in [0.1, 0.15) is 10.9 Å².